The van der Waals surface area contributed by atoms with Crippen LogP contribution >= 0.6 is 40.8 Å². The van der Waals surface area contributed by atoms with Crippen molar-refractivity contribution >= 4 is 50.8 Å². The Balaban J connectivity index is 0.000000360. The lowest BCUT2D eigenvalue weighted by Crippen LogP contribution is -2.21. The number of nitrogens with one attached hydrogen (secondary N) is 1. The van der Waals surface area contributed by atoms with Crippen LogP contribution in [0.15, 0.2) is 28.7 Å². The van der Waals surface area contributed by atoms with Crippen molar-refractivity contribution in [2.75, 3.05) is 25.0 Å². The van der Waals surface area contributed by atoms with Gasteiger partial charge in [0.1, 0.15) is 4.32 Å². The minimum absolute atomic E-state index is 0.479. The average Bonchev–Trinajstić information content (AvgIpc) is 2.35. The molecular formula is C13H21BrN2S2. The molecule has 0 fully saturated rings. The van der Waals surface area contributed by atoms with E-state index in [1.165, 1.54) is 19.6 Å². The van der Waals surface area contributed by atoms with E-state index in [0.29, 0.717) is 4.32 Å². The molecule has 1 aromatic rings. The number of hydrogen-bond donors (Lipinski definition) is 2. The Kier molecular flexibility index (Phi) is 10.7. The molecule has 0 radical (unpaired) electrons. The molecule has 2 nitrogen and oxygen atoms in total. The number of hydrogen-bond acceptors (Lipinski definition) is 2. The van der Waals surface area contributed by atoms with Crippen LogP contribution in [0.2, 0.25) is 0 Å². The molecule has 0 atom stereocenters. The van der Waals surface area contributed by atoms with E-state index in [1.54, 1.807) is 0 Å². The van der Waals surface area contributed by atoms with E-state index < -0.39 is 0 Å². The maximum atomic E-state index is 4.75. The highest BCUT2D eigenvalue weighted by Crippen LogP contribution is 2.14. The Bertz CT molecular complexity index is 332. The van der Waals surface area contributed by atoms with Gasteiger partial charge in [0.25, 0.3) is 0 Å². The monoisotopic (exact) mass is 348 g/mol. The average molecular weight is 349 g/mol. The second-order valence-corrected chi connectivity index (χ2v) is 5.63. The smallest absolute Gasteiger partial charge is 0.135 e. The van der Waals surface area contributed by atoms with Gasteiger partial charge in [0, 0.05) is 10.2 Å². The molecule has 0 aliphatic carbocycles. The summed E-state index contributed by atoms with van der Waals surface area (Å²) in [4.78, 5) is 2.38. The first kappa shape index (κ1) is 17.9. The molecule has 1 N–H and O–H groups in total. The Labute approximate surface area is 130 Å². The Morgan fingerprint density at radius 1 is 1.17 bits per heavy atom. The van der Waals surface area contributed by atoms with Gasteiger partial charge in [0.15, 0.2) is 0 Å². The fourth-order valence-electron chi connectivity index (χ4n) is 1.33. The van der Waals surface area contributed by atoms with Crippen LogP contribution in [0.1, 0.15) is 20.8 Å². The summed E-state index contributed by atoms with van der Waals surface area (Å²) in [6, 6.07) is 7.72. The number of thiocarbonyl (C=S) groups is 1. The number of anilines is 1. The number of nitrogens with zero attached hydrogens (tertiary/aromatic N) is 1. The zero-order valence-electron chi connectivity index (χ0n) is 11.1. The molecule has 18 heavy (non-hydrogen) atoms. The highest BCUT2D eigenvalue weighted by molar-refractivity contribution is 9.10. The summed E-state index contributed by atoms with van der Waals surface area (Å²) in [5, 5.41) is 2.91. The van der Waals surface area contributed by atoms with Crippen molar-refractivity contribution in [1.82, 2.24) is 4.90 Å². The van der Waals surface area contributed by atoms with Crippen molar-refractivity contribution in [3.05, 3.63) is 28.7 Å². The predicted molar refractivity (Wildman–Crippen MR) is 92.8 cm³/mol. The van der Waals surface area contributed by atoms with Gasteiger partial charge >= 0.3 is 0 Å². The lowest BCUT2D eigenvalue weighted by atomic mass is 10.3. The maximum Gasteiger partial charge on any atom is 0.135 e. The largest absolute Gasteiger partial charge is 0.341 e. The molecule has 0 aliphatic heterocycles. The topological polar surface area (TPSA) is 15.3 Å². The zero-order valence-corrected chi connectivity index (χ0v) is 14.4. The third-order valence-electron chi connectivity index (χ3n) is 2.44. The first-order valence-corrected chi connectivity index (χ1v) is 7.66. The number of benzene rings is 1. The third-order valence-corrected chi connectivity index (χ3v) is 3.18. The minimum Gasteiger partial charge on any atom is -0.341 e. The second-order valence-electron chi connectivity index (χ2n) is 3.56. The summed E-state index contributed by atoms with van der Waals surface area (Å²) < 4.78 is 1.53. The van der Waals surface area contributed by atoms with Crippen LogP contribution in [-0.4, -0.2) is 28.9 Å². The molecule has 5 heteroatoms. The van der Waals surface area contributed by atoms with Crippen molar-refractivity contribution < 1.29 is 0 Å². The van der Waals surface area contributed by atoms with E-state index in [4.69, 9.17) is 12.2 Å². The van der Waals surface area contributed by atoms with Gasteiger partial charge in [-0.15, -0.1) is 12.6 Å². The third kappa shape index (κ3) is 8.91. The van der Waals surface area contributed by atoms with Crippen LogP contribution in [0.3, 0.4) is 0 Å². The Hall–Kier alpha value is -0.100. The van der Waals surface area contributed by atoms with Crippen LogP contribution in [0.5, 0.6) is 0 Å². The second kappa shape index (κ2) is 10.8. The number of rotatable bonds is 4. The molecule has 1 rings (SSSR count). The van der Waals surface area contributed by atoms with Crippen molar-refractivity contribution in [3.63, 3.8) is 0 Å². The van der Waals surface area contributed by atoms with E-state index in [0.717, 1.165) is 10.2 Å². The highest BCUT2D eigenvalue weighted by Gasteiger charge is 1.91. The summed E-state index contributed by atoms with van der Waals surface area (Å²) in [5.41, 5.74) is 0.952. The first-order chi connectivity index (χ1) is 8.53. The van der Waals surface area contributed by atoms with Crippen molar-refractivity contribution in [1.29, 1.82) is 0 Å². The normalized spacial score (nSPS) is 9.67. The predicted octanol–water partition coefficient (Wildman–Crippen LogP) is 4.42. The van der Waals surface area contributed by atoms with Gasteiger partial charge in [-0.25, -0.2) is 0 Å². The molecule has 102 valence electrons. The summed E-state index contributed by atoms with van der Waals surface area (Å²) >= 11 is 12.0. The quantitative estimate of drug-likeness (QED) is 0.618. The van der Waals surface area contributed by atoms with Crippen LogP contribution < -0.4 is 5.32 Å². The SMILES string of the molecule is CCN(CC)CC.S=C(S)Nc1ccc(Br)cc1. The molecule has 0 amide bonds. The van der Waals surface area contributed by atoms with E-state index in [-0.39, 0.29) is 0 Å². The summed E-state index contributed by atoms with van der Waals surface area (Å²) in [6.07, 6.45) is 0. The van der Waals surface area contributed by atoms with Crippen molar-refractivity contribution in [2.24, 2.45) is 0 Å². The van der Waals surface area contributed by atoms with Crippen LogP contribution in [-0.2, 0) is 0 Å². The molecule has 1 aromatic carbocycles. The summed E-state index contributed by atoms with van der Waals surface area (Å²) in [5.74, 6) is 0. The molecule has 0 saturated heterocycles. The molecule has 0 saturated carbocycles. The maximum absolute atomic E-state index is 4.75. The highest BCUT2D eigenvalue weighted by atomic mass is 79.9. The van der Waals surface area contributed by atoms with E-state index in [2.05, 4.69) is 59.5 Å². The summed E-state index contributed by atoms with van der Waals surface area (Å²) in [6.45, 7) is 10.1. The zero-order chi connectivity index (χ0) is 14.0. The van der Waals surface area contributed by atoms with E-state index >= 15 is 0 Å². The standard InChI is InChI=1S/C7H6BrNS2.C6H15N/c8-5-1-3-6(4-2-5)9-7(10)11;1-4-7(5-2)6-3/h1-4H,(H2,9,10,11);4-6H2,1-3H3. The van der Waals surface area contributed by atoms with Gasteiger partial charge in [0.2, 0.25) is 0 Å². The molecular weight excluding hydrogens is 328 g/mol. The lowest BCUT2D eigenvalue weighted by molar-refractivity contribution is 0.321. The van der Waals surface area contributed by atoms with Gasteiger partial charge in [0.05, 0.1) is 0 Å². The Morgan fingerprint density at radius 2 is 1.61 bits per heavy atom. The lowest BCUT2D eigenvalue weighted by Gasteiger charge is -2.13. The van der Waals surface area contributed by atoms with Gasteiger partial charge in [-0.3, -0.25) is 0 Å². The summed E-state index contributed by atoms with van der Waals surface area (Å²) in [7, 11) is 0. The molecule has 0 unspecified atom stereocenters. The van der Waals surface area contributed by atoms with Gasteiger partial charge in [-0.1, -0.05) is 48.9 Å². The fraction of sp³-hybridized carbons (Fsp3) is 0.462. The van der Waals surface area contributed by atoms with Crippen LogP contribution in [0, 0.1) is 0 Å². The fourth-order valence-corrected chi connectivity index (χ4v) is 1.84. The Morgan fingerprint density at radius 3 is 1.89 bits per heavy atom. The number of thiol groups is 1. The molecule has 0 aromatic heterocycles. The van der Waals surface area contributed by atoms with Gasteiger partial charge < -0.3 is 10.2 Å². The van der Waals surface area contributed by atoms with Crippen molar-refractivity contribution in [3.8, 4) is 0 Å². The van der Waals surface area contributed by atoms with Crippen molar-refractivity contribution in [2.45, 2.75) is 20.8 Å². The molecule has 0 aliphatic rings. The van der Waals surface area contributed by atoms with E-state index in [1.807, 2.05) is 24.3 Å². The molecule has 0 heterocycles. The first-order valence-electron chi connectivity index (χ1n) is 6.01. The van der Waals surface area contributed by atoms with Crippen LogP contribution in [0.25, 0.3) is 0 Å². The van der Waals surface area contributed by atoms with E-state index in [9.17, 15) is 0 Å². The minimum atomic E-state index is 0.479. The number of halogens is 1. The van der Waals surface area contributed by atoms with Gasteiger partial charge in [-0.05, 0) is 43.9 Å². The molecule has 0 spiro atoms. The van der Waals surface area contributed by atoms with Crippen LogP contribution in [0.4, 0.5) is 5.69 Å². The van der Waals surface area contributed by atoms with Gasteiger partial charge in [-0.2, -0.15) is 0 Å². The molecule has 0 bridgehead atoms.